The van der Waals surface area contributed by atoms with Gasteiger partial charge in [0, 0.05) is 28.3 Å². The normalized spacial score (nSPS) is 16.7. The number of hydrogen-bond donors (Lipinski definition) is 2. The molecule has 1 atom stereocenters. The van der Waals surface area contributed by atoms with Gasteiger partial charge in [-0.1, -0.05) is 19.3 Å². The van der Waals surface area contributed by atoms with Gasteiger partial charge in [-0.05, 0) is 50.5 Å². The van der Waals surface area contributed by atoms with E-state index < -0.39 is 0 Å². The molecule has 0 saturated heterocycles. The molecule has 0 aliphatic heterocycles. The Hall–Kier alpha value is -0.710. The molecule has 1 aliphatic rings. The lowest BCUT2D eigenvalue weighted by Crippen LogP contribution is -2.24. The zero-order chi connectivity index (χ0) is 15.2. The Morgan fingerprint density at radius 2 is 2.05 bits per heavy atom. The third-order valence-corrected chi connectivity index (χ3v) is 5.17. The molecule has 1 aromatic rings. The van der Waals surface area contributed by atoms with E-state index in [2.05, 4.69) is 17.4 Å². The van der Waals surface area contributed by atoms with E-state index in [1.54, 1.807) is 0 Å². The standard InChI is InChI=1S/C17H26N2OS.ClH/c1-12-10-15(21-14-6-4-3-5-7-14)8-9-16(12)19-17(20)11-13(2)18;/h8-10,13-14H,3-7,11,18H2,1-2H3,(H,19,20);1H. The number of nitrogens with one attached hydrogen (secondary N) is 1. The molecule has 0 heterocycles. The lowest BCUT2D eigenvalue weighted by atomic mass is 10.0. The van der Waals surface area contributed by atoms with E-state index in [-0.39, 0.29) is 24.4 Å². The highest BCUT2D eigenvalue weighted by Crippen LogP contribution is 2.34. The Kier molecular flexibility index (Phi) is 8.29. The van der Waals surface area contributed by atoms with Crippen LogP contribution in [0.1, 0.15) is 51.0 Å². The van der Waals surface area contributed by atoms with E-state index in [9.17, 15) is 4.79 Å². The maximum atomic E-state index is 11.8. The van der Waals surface area contributed by atoms with E-state index in [1.807, 2.05) is 31.7 Å². The molecular weight excluding hydrogens is 316 g/mol. The first kappa shape index (κ1) is 19.3. The van der Waals surface area contributed by atoms with E-state index in [0.717, 1.165) is 16.5 Å². The molecule has 0 aromatic heterocycles. The van der Waals surface area contributed by atoms with Gasteiger partial charge in [0.1, 0.15) is 0 Å². The van der Waals surface area contributed by atoms with Crippen LogP contribution in [0, 0.1) is 6.92 Å². The molecule has 124 valence electrons. The Morgan fingerprint density at radius 3 is 2.64 bits per heavy atom. The Bertz CT molecular complexity index is 488. The predicted molar refractivity (Wildman–Crippen MR) is 98.1 cm³/mol. The van der Waals surface area contributed by atoms with Crippen LogP contribution in [-0.2, 0) is 4.79 Å². The minimum absolute atomic E-state index is 0. The number of benzene rings is 1. The minimum atomic E-state index is -0.105. The van der Waals surface area contributed by atoms with Crippen LogP contribution in [0.3, 0.4) is 0 Å². The van der Waals surface area contributed by atoms with Crippen molar-refractivity contribution in [1.82, 2.24) is 0 Å². The van der Waals surface area contributed by atoms with Crippen molar-refractivity contribution in [3.8, 4) is 0 Å². The molecule has 1 aliphatic carbocycles. The fourth-order valence-corrected chi connectivity index (χ4v) is 4.06. The van der Waals surface area contributed by atoms with Crippen LogP contribution in [0.2, 0.25) is 0 Å². The van der Waals surface area contributed by atoms with Gasteiger partial charge in [-0.15, -0.1) is 24.2 Å². The first-order valence-corrected chi connectivity index (χ1v) is 8.75. The molecule has 2 rings (SSSR count). The number of nitrogens with two attached hydrogens (primary N) is 1. The van der Waals surface area contributed by atoms with Crippen LogP contribution in [0.4, 0.5) is 5.69 Å². The van der Waals surface area contributed by atoms with Crippen molar-refractivity contribution in [3.63, 3.8) is 0 Å². The number of hydrogen-bond acceptors (Lipinski definition) is 3. The molecule has 5 heteroatoms. The number of carbonyl (C=O) groups excluding carboxylic acids is 1. The summed E-state index contributed by atoms with van der Waals surface area (Å²) in [6, 6.07) is 6.21. The van der Waals surface area contributed by atoms with Gasteiger partial charge in [0.05, 0.1) is 0 Å². The van der Waals surface area contributed by atoms with Crippen LogP contribution in [0.15, 0.2) is 23.1 Å². The number of rotatable bonds is 5. The summed E-state index contributed by atoms with van der Waals surface area (Å²) in [7, 11) is 0. The molecule has 3 nitrogen and oxygen atoms in total. The summed E-state index contributed by atoms with van der Waals surface area (Å²) in [5.41, 5.74) is 7.67. The highest BCUT2D eigenvalue weighted by Gasteiger charge is 2.15. The van der Waals surface area contributed by atoms with Crippen LogP contribution in [0.25, 0.3) is 0 Å². The third-order valence-electron chi connectivity index (χ3n) is 3.83. The third kappa shape index (κ3) is 6.19. The molecule has 1 aromatic carbocycles. The first-order chi connectivity index (χ1) is 10.0. The zero-order valence-electron chi connectivity index (χ0n) is 13.4. The molecule has 3 N–H and O–H groups in total. The quantitative estimate of drug-likeness (QED) is 0.827. The van der Waals surface area contributed by atoms with Gasteiger partial charge in [-0.2, -0.15) is 0 Å². The van der Waals surface area contributed by atoms with Crippen LogP contribution in [0.5, 0.6) is 0 Å². The molecular formula is C17H27ClN2OS. The zero-order valence-corrected chi connectivity index (χ0v) is 15.1. The minimum Gasteiger partial charge on any atom is -0.327 e. The van der Waals surface area contributed by atoms with Crippen LogP contribution >= 0.6 is 24.2 Å². The maximum absolute atomic E-state index is 11.8. The first-order valence-electron chi connectivity index (χ1n) is 7.87. The van der Waals surface area contributed by atoms with Gasteiger partial charge in [-0.3, -0.25) is 4.79 Å². The van der Waals surface area contributed by atoms with E-state index in [1.165, 1.54) is 37.0 Å². The maximum Gasteiger partial charge on any atom is 0.225 e. The second-order valence-electron chi connectivity index (χ2n) is 6.08. The summed E-state index contributed by atoms with van der Waals surface area (Å²) in [6.07, 6.45) is 7.13. The number of thioether (sulfide) groups is 1. The van der Waals surface area contributed by atoms with E-state index in [4.69, 9.17) is 5.73 Å². The lowest BCUT2D eigenvalue weighted by molar-refractivity contribution is -0.116. The topological polar surface area (TPSA) is 55.1 Å². The summed E-state index contributed by atoms with van der Waals surface area (Å²) in [4.78, 5) is 13.1. The lowest BCUT2D eigenvalue weighted by Gasteiger charge is -2.21. The van der Waals surface area contributed by atoms with Gasteiger partial charge in [0.25, 0.3) is 0 Å². The van der Waals surface area contributed by atoms with Crippen LogP contribution in [-0.4, -0.2) is 17.2 Å². The highest BCUT2D eigenvalue weighted by atomic mass is 35.5. The summed E-state index contributed by atoms with van der Waals surface area (Å²) in [5, 5.41) is 3.71. The Labute approximate surface area is 144 Å². The number of amides is 1. The number of anilines is 1. The highest BCUT2D eigenvalue weighted by molar-refractivity contribution is 8.00. The van der Waals surface area contributed by atoms with Gasteiger partial charge in [0.2, 0.25) is 5.91 Å². The second-order valence-corrected chi connectivity index (χ2v) is 7.46. The second kappa shape index (κ2) is 9.43. The monoisotopic (exact) mass is 342 g/mol. The Morgan fingerprint density at radius 1 is 1.36 bits per heavy atom. The fraction of sp³-hybridized carbons (Fsp3) is 0.588. The summed E-state index contributed by atoms with van der Waals surface area (Å²) >= 11 is 1.98. The summed E-state index contributed by atoms with van der Waals surface area (Å²) in [5.74, 6) is -0.0132. The van der Waals surface area contributed by atoms with Gasteiger partial charge < -0.3 is 11.1 Å². The molecule has 22 heavy (non-hydrogen) atoms. The number of aryl methyl sites for hydroxylation is 1. The van der Waals surface area contributed by atoms with E-state index in [0.29, 0.717) is 6.42 Å². The van der Waals surface area contributed by atoms with Crippen LogP contribution < -0.4 is 11.1 Å². The molecule has 0 bridgehead atoms. The molecule has 0 radical (unpaired) electrons. The van der Waals surface area contributed by atoms with Crippen molar-refractivity contribution in [2.75, 3.05) is 5.32 Å². The molecule has 1 amide bonds. The predicted octanol–water partition coefficient (Wildman–Crippen LogP) is 4.52. The largest absolute Gasteiger partial charge is 0.327 e. The average molecular weight is 343 g/mol. The van der Waals surface area contributed by atoms with Crippen molar-refractivity contribution in [2.24, 2.45) is 5.73 Å². The number of carbonyl (C=O) groups is 1. The Balaban J connectivity index is 0.00000242. The molecule has 0 spiro atoms. The van der Waals surface area contributed by atoms with Crippen molar-refractivity contribution >= 4 is 35.8 Å². The fourth-order valence-electron chi connectivity index (χ4n) is 2.72. The van der Waals surface area contributed by atoms with Gasteiger partial charge >= 0.3 is 0 Å². The molecule has 1 unspecified atom stereocenters. The van der Waals surface area contributed by atoms with Crippen molar-refractivity contribution in [2.45, 2.75) is 68.6 Å². The van der Waals surface area contributed by atoms with Gasteiger partial charge in [0.15, 0.2) is 0 Å². The van der Waals surface area contributed by atoms with Crippen molar-refractivity contribution in [1.29, 1.82) is 0 Å². The summed E-state index contributed by atoms with van der Waals surface area (Å²) in [6.45, 7) is 3.89. The molecule has 1 saturated carbocycles. The average Bonchev–Trinajstić information content (AvgIpc) is 2.42. The van der Waals surface area contributed by atoms with Crippen molar-refractivity contribution in [3.05, 3.63) is 23.8 Å². The van der Waals surface area contributed by atoms with E-state index >= 15 is 0 Å². The van der Waals surface area contributed by atoms with Gasteiger partial charge in [-0.25, -0.2) is 0 Å². The number of halogens is 1. The smallest absolute Gasteiger partial charge is 0.225 e. The summed E-state index contributed by atoms with van der Waals surface area (Å²) < 4.78 is 0. The SMILES string of the molecule is Cc1cc(SC2CCCCC2)ccc1NC(=O)CC(C)N.Cl. The molecule has 1 fully saturated rings. The van der Waals surface area contributed by atoms with Crippen molar-refractivity contribution < 1.29 is 4.79 Å².